The molecule has 1 saturated heterocycles. The van der Waals surface area contributed by atoms with Gasteiger partial charge in [-0.05, 0) is 74.6 Å². The first-order valence-electron chi connectivity index (χ1n) is 15.1. The van der Waals surface area contributed by atoms with Gasteiger partial charge in [0.25, 0.3) is 5.56 Å². The molecule has 6 rings (SSSR count). The molecule has 1 unspecified atom stereocenters. The molecule has 0 radical (unpaired) electrons. The number of aromatic amines is 1. The zero-order valence-electron chi connectivity index (χ0n) is 25.1. The summed E-state index contributed by atoms with van der Waals surface area (Å²) in [6.07, 6.45) is 11.1. The van der Waals surface area contributed by atoms with Crippen LogP contribution in [-0.2, 0) is 11.3 Å². The normalized spacial score (nSPS) is 23.1. The van der Waals surface area contributed by atoms with E-state index in [9.17, 15) is 10.1 Å². The minimum absolute atomic E-state index is 0.208. The molecule has 14 nitrogen and oxygen atoms in total. The number of nitriles is 1. The third-order valence-electron chi connectivity index (χ3n) is 8.26. The Kier molecular flexibility index (Phi) is 8.67. The van der Waals surface area contributed by atoms with Crippen LogP contribution in [-0.4, -0.2) is 82.3 Å². The molecule has 1 aliphatic heterocycles. The molecule has 2 aliphatic rings. The molecule has 44 heavy (non-hydrogen) atoms. The number of morpholine rings is 1. The fraction of sp³-hybridized carbons (Fsp3) is 0.500. The summed E-state index contributed by atoms with van der Waals surface area (Å²) < 4.78 is 15.4. The number of H-pyrrole nitrogens is 1. The van der Waals surface area contributed by atoms with Crippen molar-refractivity contribution in [3.8, 4) is 22.9 Å². The molecule has 2 fully saturated rings. The number of tetrazole rings is 1. The fourth-order valence-electron chi connectivity index (χ4n) is 6.25. The average molecular weight is 600 g/mol. The van der Waals surface area contributed by atoms with Gasteiger partial charge in [0.15, 0.2) is 0 Å². The molecule has 0 amide bonds. The molecule has 0 bridgehead atoms. The van der Waals surface area contributed by atoms with E-state index >= 15 is 0 Å². The number of ether oxygens (including phenoxy) is 2. The van der Waals surface area contributed by atoms with E-state index in [-0.39, 0.29) is 29.9 Å². The number of rotatable bonds is 9. The van der Waals surface area contributed by atoms with Crippen LogP contribution in [0.2, 0.25) is 0 Å². The van der Waals surface area contributed by atoms with Gasteiger partial charge in [-0.15, -0.1) is 5.10 Å². The van der Waals surface area contributed by atoms with Gasteiger partial charge in [-0.25, -0.2) is 14.6 Å². The quantitative estimate of drug-likeness (QED) is 0.290. The highest BCUT2D eigenvalue weighted by molar-refractivity contribution is 5.66. The minimum Gasteiger partial charge on any atom is -0.487 e. The molecule has 0 spiro atoms. The predicted molar refractivity (Wildman–Crippen MR) is 161 cm³/mol. The summed E-state index contributed by atoms with van der Waals surface area (Å²) in [6, 6.07) is 8.30. The zero-order chi connectivity index (χ0) is 30.6. The molecule has 3 atom stereocenters. The Bertz CT molecular complexity index is 1630. The number of benzene rings is 1. The highest BCUT2D eigenvalue weighted by Gasteiger charge is 2.31. The number of hydrogen-bond acceptors (Lipinski definition) is 11. The van der Waals surface area contributed by atoms with Gasteiger partial charge in [-0.3, -0.25) is 19.5 Å². The van der Waals surface area contributed by atoms with Gasteiger partial charge in [0, 0.05) is 37.1 Å². The SMILES string of the molecule is CC(Cn1cnnn1)Oc1cc(-c2cnc(Nc3cn(C4CCC(N5C[C@@H](C)O[C@@H](C)C5)CC4)[nH]c3=O)nc2)ccc1C#N. The summed E-state index contributed by atoms with van der Waals surface area (Å²) in [5.74, 6) is 0.764. The molecular weight excluding hydrogens is 562 g/mol. The maximum absolute atomic E-state index is 12.8. The van der Waals surface area contributed by atoms with Crippen molar-refractivity contribution in [2.45, 2.75) is 83.4 Å². The lowest BCUT2D eigenvalue weighted by Crippen LogP contribution is -2.51. The number of anilines is 2. The summed E-state index contributed by atoms with van der Waals surface area (Å²) in [4.78, 5) is 24.2. The lowest BCUT2D eigenvalue weighted by atomic mass is 9.89. The molecule has 4 heterocycles. The Morgan fingerprint density at radius 1 is 1.11 bits per heavy atom. The standard InChI is InChI=1S/C30H37N11O3/c1-19-14-39(15-20(2)43-19)25-6-8-26(9-7-25)41-17-27(29(42)36-41)35-30-32-12-24(13-33-30)22-4-5-23(11-31)28(10-22)44-21(3)16-40-18-34-37-38-40/h4-5,10,12-13,17-21,25-26H,6-9,14-16H2,1-3H3,(H,36,42)(H,32,33,35)/t19-,20+,21?,25?,26?. The van der Waals surface area contributed by atoms with E-state index in [4.69, 9.17) is 9.47 Å². The number of nitrogens with one attached hydrogen (secondary N) is 2. The van der Waals surface area contributed by atoms with Crippen molar-refractivity contribution >= 4 is 11.6 Å². The van der Waals surface area contributed by atoms with Gasteiger partial charge in [-0.1, -0.05) is 6.07 Å². The Balaban J connectivity index is 1.08. The lowest BCUT2D eigenvalue weighted by Gasteiger charge is -2.42. The van der Waals surface area contributed by atoms with E-state index in [1.165, 1.54) is 6.33 Å². The Morgan fingerprint density at radius 2 is 1.84 bits per heavy atom. The summed E-state index contributed by atoms with van der Waals surface area (Å²) in [6.45, 7) is 8.56. The van der Waals surface area contributed by atoms with E-state index in [1.54, 1.807) is 29.2 Å². The van der Waals surface area contributed by atoms with Crippen molar-refractivity contribution < 1.29 is 9.47 Å². The molecule has 3 aromatic heterocycles. The van der Waals surface area contributed by atoms with Crippen molar-refractivity contribution in [2.75, 3.05) is 18.4 Å². The van der Waals surface area contributed by atoms with Gasteiger partial charge in [0.05, 0.1) is 36.6 Å². The van der Waals surface area contributed by atoms with E-state index in [1.807, 2.05) is 23.9 Å². The number of aromatic nitrogens is 8. The fourth-order valence-corrected chi connectivity index (χ4v) is 6.25. The summed E-state index contributed by atoms with van der Waals surface area (Å²) in [5.41, 5.74) is 2.15. The summed E-state index contributed by atoms with van der Waals surface area (Å²) in [7, 11) is 0. The van der Waals surface area contributed by atoms with E-state index < -0.39 is 0 Å². The van der Waals surface area contributed by atoms with Crippen LogP contribution < -0.4 is 15.6 Å². The van der Waals surface area contributed by atoms with Crippen molar-refractivity contribution in [1.82, 2.24) is 44.9 Å². The van der Waals surface area contributed by atoms with E-state index in [2.05, 4.69) is 60.7 Å². The predicted octanol–water partition coefficient (Wildman–Crippen LogP) is 3.30. The minimum atomic E-state index is -0.276. The average Bonchev–Trinajstić information content (AvgIpc) is 3.66. The van der Waals surface area contributed by atoms with E-state index in [0.29, 0.717) is 35.5 Å². The topological polar surface area (TPSA) is 165 Å². The van der Waals surface area contributed by atoms with Gasteiger partial charge >= 0.3 is 0 Å². The van der Waals surface area contributed by atoms with Crippen molar-refractivity contribution in [1.29, 1.82) is 5.26 Å². The second-order valence-electron chi connectivity index (χ2n) is 11.8. The highest BCUT2D eigenvalue weighted by atomic mass is 16.5. The third kappa shape index (κ3) is 6.79. The maximum Gasteiger partial charge on any atom is 0.287 e. The zero-order valence-corrected chi connectivity index (χ0v) is 25.1. The second kappa shape index (κ2) is 12.9. The first-order chi connectivity index (χ1) is 21.3. The van der Waals surface area contributed by atoms with Crippen LogP contribution in [0.4, 0.5) is 11.6 Å². The van der Waals surface area contributed by atoms with Crippen molar-refractivity contribution in [2.24, 2.45) is 0 Å². The summed E-state index contributed by atoms with van der Waals surface area (Å²) >= 11 is 0. The van der Waals surface area contributed by atoms with Gasteiger partial charge in [0.1, 0.15) is 29.9 Å². The van der Waals surface area contributed by atoms with Crippen LogP contribution in [0.3, 0.4) is 0 Å². The van der Waals surface area contributed by atoms with Crippen molar-refractivity contribution in [3.63, 3.8) is 0 Å². The molecule has 1 saturated carbocycles. The molecular formula is C30H37N11O3. The molecule has 2 N–H and O–H groups in total. The van der Waals surface area contributed by atoms with Crippen LogP contribution in [0, 0.1) is 11.3 Å². The van der Waals surface area contributed by atoms with Crippen molar-refractivity contribution in [3.05, 3.63) is 59.0 Å². The summed E-state index contributed by atoms with van der Waals surface area (Å²) in [5, 5.41) is 26.7. The second-order valence-corrected chi connectivity index (χ2v) is 11.8. The number of nitrogens with zero attached hydrogens (tertiary/aromatic N) is 9. The molecule has 4 aromatic rings. The number of hydrogen-bond donors (Lipinski definition) is 2. The maximum atomic E-state index is 12.8. The van der Waals surface area contributed by atoms with Crippen LogP contribution >= 0.6 is 0 Å². The third-order valence-corrected chi connectivity index (χ3v) is 8.26. The van der Waals surface area contributed by atoms with Gasteiger partial charge in [0.2, 0.25) is 5.95 Å². The Hall–Kier alpha value is -4.61. The monoisotopic (exact) mass is 599 g/mol. The Labute approximate surface area is 255 Å². The van der Waals surface area contributed by atoms with Crippen LogP contribution in [0.15, 0.2) is 47.9 Å². The molecule has 1 aliphatic carbocycles. The Morgan fingerprint density at radius 3 is 2.52 bits per heavy atom. The van der Waals surface area contributed by atoms with Crippen LogP contribution in [0.25, 0.3) is 11.1 Å². The largest absolute Gasteiger partial charge is 0.487 e. The molecule has 230 valence electrons. The molecule has 1 aromatic carbocycles. The first kappa shape index (κ1) is 29.5. The first-order valence-corrected chi connectivity index (χ1v) is 15.1. The van der Waals surface area contributed by atoms with Crippen LogP contribution in [0.5, 0.6) is 5.75 Å². The molecule has 14 heteroatoms. The smallest absolute Gasteiger partial charge is 0.287 e. The lowest BCUT2D eigenvalue weighted by molar-refractivity contribution is -0.0852. The van der Waals surface area contributed by atoms with Gasteiger partial charge in [-0.2, -0.15) is 5.26 Å². The van der Waals surface area contributed by atoms with E-state index in [0.717, 1.165) is 49.9 Å². The highest BCUT2D eigenvalue weighted by Crippen LogP contribution is 2.32. The van der Waals surface area contributed by atoms with Crippen LogP contribution in [0.1, 0.15) is 58.1 Å². The van der Waals surface area contributed by atoms with Gasteiger partial charge < -0.3 is 14.8 Å².